The lowest BCUT2D eigenvalue weighted by molar-refractivity contribution is 1.16. The molecular weight excluding hydrogens is 657 g/mol. The highest BCUT2D eigenvalue weighted by Gasteiger charge is 2.21. The van der Waals surface area contributed by atoms with Crippen molar-refractivity contribution in [2.75, 3.05) is 0 Å². The number of benzene rings is 8. The normalized spacial score (nSPS) is 11.7. The van der Waals surface area contributed by atoms with Gasteiger partial charge < -0.3 is 9.13 Å². The molecule has 0 radical (unpaired) electrons. The fraction of sp³-hybridized carbons (Fsp3) is 0. The third-order valence-corrected chi connectivity index (χ3v) is 10.7. The highest BCUT2D eigenvalue weighted by molar-refractivity contribution is 6.19. The van der Waals surface area contributed by atoms with E-state index in [1.807, 2.05) is 12.1 Å². The number of fused-ring (bicyclic) bond motifs is 7. The minimum Gasteiger partial charge on any atom is -0.309 e. The Hall–Kier alpha value is -7.30. The Morgan fingerprint density at radius 2 is 0.815 bits per heavy atom. The van der Waals surface area contributed by atoms with Gasteiger partial charge in [0.25, 0.3) is 0 Å². The molecule has 8 aromatic carbocycles. The summed E-state index contributed by atoms with van der Waals surface area (Å²) in [5.41, 5.74) is 11.8. The van der Waals surface area contributed by atoms with E-state index in [1.54, 1.807) is 0 Å². The van der Waals surface area contributed by atoms with Gasteiger partial charge in [0, 0.05) is 49.3 Å². The molecule has 0 saturated heterocycles. The van der Waals surface area contributed by atoms with Crippen molar-refractivity contribution in [2.24, 2.45) is 0 Å². The summed E-state index contributed by atoms with van der Waals surface area (Å²) in [7, 11) is 0. The predicted octanol–water partition coefficient (Wildman–Crippen LogP) is 12.8. The standard InChI is InChI=1S/C50H32N4/c1-4-16-33(17-5-1)43-31-44(34-18-6-2-7-19-34)52-50(51-43)36-28-35-20-10-11-23-38(35)47(29-36)54-46-27-15-13-25-40(46)42-30-41-39-24-12-14-26-45(39)53(48(41)32-49(42)54)37-21-8-3-9-22-37/h1-32H. The maximum Gasteiger partial charge on any atom is 0.160 e. The van der Waals surface area contributed by atoms with E-state index < -0.39 is 0 Å². The fourth-order valence-electron chi connectivity index (χ4n) is 8.24. The molecule has 0 aliphatic rings. The summed E-state index contributed by atoms with van der Waals surface area (Å²) in [6, 6.07) is 69.0. The van der Waals surface area contributed by atoms with Crippen molar-refractivity contribution in [1.29, 1.82) is 0 Å². The summed E-state index contributed by atoms with van der Waals surface area (Å²) in [5, 5.41) is 7.21. The summed E-state index contributed by atoms with van der Waals surface area (Å²) in [4.78, 5) is 10.5. The molecule has 0 fully saturated rings. The van der Waals surface area contributed by atoms with E-state index in [1.165, 1.54) is 32.6 Å². The van der Waals surface area contributed by atoms with Crippen molar-refractivity contribution in [3.8, 4) is 45.3 Å². The molecule has 0 saturated carbocycles. The monoisotopic (exact) mass is 688 g/mol. The van der Waals surface area contributed by atoms with E-state index in [4.69, 9.17) is 9.97 Å². The van der Waals surface area contributed by atoms with Gasteiger partial charge in [-0.25, -0.2) is 9.97 Å². The molecule has 11 aromatic rings. The van der Waals surface area contributed by atoms with Gasteiger partial charge in [0.05, 0.1) is 39.1 Å². The van der Waals surface area contributed by atoms with Crippen LogP contribution in [0.25, 0.3) is 99.7 Å². The van der Waals surface area contributed by atoms with Gasteiger partial charge in [-0.15, -0.1) is 0 Å². The lowest BCUT2D eigenvalue weighted by Crippen LogP contribution is -2.00. The predicted molar refractivity (Wildman–Crippen MR) is 225 cm³/mol. The van der Waals surface area contributed by atoms with Crippen LogP contribution in [0.3, 0.4) is 0 Å². The van der Waals surface area contributed by atoms with Crippen LogP contribution in [-0.2, 0) is 0 Å². The first-order chi connectivity index (χ1) is 26.8. The minimum atomic E-state index is 0.689. The van der Waals surface area contributed by atoms with Crippen LogP contribution in [0.1, 0.15) is 0 Å². The van der Waals surface area contributed by atoms with E-state index in [2.05, 4.69) is 191 Å². The molecule has 0 amide bonds. The highest BCUT2D eigenvalue weighted by atomic mass is 15.0. The van der Waals surface area contributed by atoms with Crippen molar-refractivity contribution in [3.63, 3.8) is 0 Å². The van der Waals surface area contributed by atoms with Gasteiger partial charge in [-0.05, 0) is 60.0 Å². The summed E-state index contributed by atoms with van der Waals surface area (Å²) >= 11 is 0. The molecule has 4 nitrogen and oxygen atoms in total. The van der Waals surface area contributed by atoms with E-state index >= 15 is 0 Å². The maximum atomic E-state index is 5.24. The summed E-state index contributed by atoms with van der Waals surface area (Å²) in [6.45, 7) is 0. The van der Waals surface area contributed by atoms with Crippen molar-refractivity contribution in [2.45, 2.75) is 0 Å². The highest BCUT2D eigenvalue weighted by Crippen LogP contribution is 2.41. The topological polar surface area (TPSA) is 35.6 Å². The van der Waals surface area contributed by atoms with Gasteiger partial charge in [0.15, 0.2) is 5.82 Å². The molecule has 11 rings (SSSR count). The van der Waals surface area contributed by atoms with Gasteiger partial charge >= 0.3 is 0 Å². The first-order valence-electron chi connectivity index (χ1n) is 18.3. The second kappa shape index (κ2) is 12.1. The quantitative estimate of drug-likeness (QED) is 0.180. The largest absolute Gasteiger partial charge is 0.309 e. The van der Waals surface area contributed by atoms with Crippen LogP contribution in [0.2, 0.25) is 0 Å². The van der Waals surface area contributed by atoms with Crippen LogP contribution in [0.15, 0.2) is 194 Å². The smallest absolute Gasteiger partial charge is 0.160 e. The third kappa shape index (κ3) is 4.78. The molecule has 0 aliphatic carbocycles. The Morgan fingerprint density at radius 3 is 1.44 bits per heavy atom. The number of rotatable bonds is 5. The Labute approximate surface area is 311 Å². The van der Waals surface area contributed by atoms with Gasteiger partial charge in [0.1, 0.15) is 0 Å². The average Bonchev–Trinajstić information content (AvgIpc) is 3.75. The van der Waals surface area contributed by atoms with Crippen LogP contribution in [-0.4, -0.2) is 19.1 Å². The van der Waals surface area contributed by atoms with Crippen molar-refractivity contribution in [3.05, 3.63) is 194 Å². The lowest BCUT2D eigenvalue weighted by Gasteiger charge is -2.15. The number of hydrogen-bond acceptors (Lipinski definition) is 2. The number of aromatic nitrogens is 4. The minimum absolute atomic E-state index is 0.689. The van der Waals surface area contributed by atoms with Crippen molar-refractivity contribution < 1.29 is 0 Å². The number of para-hydroxylation sites is 3. The lowest BCUT2D eigenvalue weighted by atomic mass is 10.0. The molecule has 0 aliphatic heterocycles. The van der Waals surface area contributed by atoms with Gasteiger partial charge in [-0.1, -0.05) is 140 Å². The van der Waals surface area contributed by atoms with Gasteiger partial charge in [-0.2, -0.15) is 0 Å². The molecule has 3 aromatic heterocycles. The fourth-order valence-corrected chi connectivity index (χ4v) is 8.24. The Balaban J connectivity index is 1.23. The zero-order valence-electron chi connectivity index (χ0n) is 29.3. The van der Waals surface area contributed by atoms with Gasteiger partial charge in [0.2, 0.25) is 0 Å². The van der Waals surface area contributed by atoms with Crippen LogP contribution < -0.4 is 0 Å². The van der Waals surface area contributed by atoms with E-state index in [9.17, 15) is 0 Å². The average molecular weight is 689 g/mol. The molecule has 4 heteroatoms. The third-order valence-electron chi connectivity index (χ3n) is 10.7. The molecule has 252 valence electrons. The van der Waals surface area contributed by atoms with E-state index in [0.717, 1.165) is 61.3 Å². The Morgan fingerprint density at radius 1 is 0.315 bits per heavy atom. The van der Waals surface area contributed by atoms with Crippen LogP contribution in [0.4, 0.5) is 0 Å². The van der Waals surface area contributed by atoms with Gasteiger partial charge in [-0.3, -0.25) is 0 Å². The second-order valence-corrected chi connectivity index (χ2v) is 13.8. The van der Waals surface area contributed by atoms with Crippen molar-refractivity contribution in [1.82, 2.24) is 19.1 Å². The SMILES string of the molecule is c1ccc(-c2cc(-c3ccccc3)nc(-c3cc(-n4c5ccccc5c5cc6c7ccccc7n(-c7ccccc7)c6cc54)c4ccccc4c3)n2)cc1. The zero-order chi connectivity index (χ0) is 35.6. The molecule has 0 unspecified atom stereocenters. The Bertz CT molecular complexity index is 3140. The van der Waals surface area contributed by atoms with Crippen LogP contribution in [0.5, 0.6) is 0 Å². The van der Waals surface area contributed by atoms with E-state index in [0.29, 0.717) is 5.82 Å². The molecule has 0 N–H and O–H groups in total. The Kier molecular flexibility index (Phi) is 6.82. The van der Waals surface area contributed by atoms with Crippen LogP contribution >= 0.6 is 0 Å². The van der Waals surface area contributed by atoms with E-state index in [-0.39, 0.29) is 0 Å². The molecule has 0 atom stereocenters. The zero-order valence-corrected chi connectivity index (χ0v) is 29.3. The summed E-state index contributed by atoms with van der Waals surface area (Å²) in [5.74, 6) is 0.689. The molecular formula is C50H32N4. The molecule has 3 heterocycles. The summed E-state index contributed by atoms with van der Waals surface area (Å²) in [6.07, 6.45) is 0. The number of hydrogen-bond donors (Lipinski definition) is 0. The second-order valence-electron chi connectivity index (χ2n) is 13.8. The van der Waals surface area contributed by atoms with Crippen molar-refractivity contribution >= 4 is 54.4 Å². The first kappa shape index (κ1) is 30.3. The first-order valence-corrected chi connectivity index (χ1v) is 18.3. The number of nitrogens with zero attached hydrogens (tertiary/aromatic N) is 4. The maximum absolute atomic E-state index is 5.24. The molecule has 0 spiro atoms. The van der Waals surface area contributed by atoms with Crippen LogP contribution in [0, 0.1) is 0 Å². The molecule has 0 bridgehead atoms. The summed E-state index contributed by atoms with van der Waals surface area (Å²) < 4.78 is 4.84. The molecule has 54 heavy (non-hydrogen) atoms.